The van der Waals surface area contributed by atoms with E-state index in [-0.39, 0.29) is 11.4 Å². The summed E-state index contributed by atoms with van der Waals surface area (Å²) in [5, 5.41) is 13.4. The molecule has 1 N–H and O–H groups in total. The maximum atomic E-state index is 12.4. The zero-order valence-corrected chi connectivity index (χ0v) is 15.8. The molecule has 144 valence electrons. The number of non-ortho nitro benzene ring substituents is 1. The number of nitrogens with one attached hydrogen (secondary N) is 1. The van der Waals surface area contributed by atoms with Crippen molar-refractivity contribution in [2.24, 2.45) is 0 Å². The number of benzene rings is 2. The lowest BCUT2D eigenvalue weighted by Gasteiger charge is -2.22. The van der Waals surface area contributed by atoms with Crippen LogP contribution in [0.5, 0.6) is 5.75 Å². The molecule has 27 heavy (non-hydrogen) atoms. The predicted molar refractivity (Wildman–Crippen MR) is 102 cm³/mol. The summed E-state index contributed by atoms with van der Waals surface area (Å²) in [6.45, 7) is 1.20. The lowest BCUT2D eigenvalue weighted by atomic mass is 10.2. The van der Waals surface area contributed by atoms with Gasteiger partial charge >= 0.3 is 0 Å². The highest BCUT2D eigenvalue weighted by atomic mass is 32.2. The fourth-order valence-electron chi connectivity index (χ4n) is 2.33. The number of hydrogen-bond acceptors (Lipinski definition) is 6. The third kappa shape index (κ3) is 5.17. The minimum Gasteiger partial charge on any atom is -0.497 e. The van der Waals surface area contributed by atoms with Crippen LogP contribution in [0.15, 0.2) is 42.5 Å². The molecule has 9 nitrogen and oxygen atoms in total. The molecule has 10 heteroatoms. The quantitative estimate of drug-likeness (QED) is 0.569. The Morgan fingerprint density at radius 2 is 1.85 bits per heavy atom. The number of anilines is 2. The van der Waals surface area contributed by atoms with E-state index in [1.165, 1.54) is 37.4 Å². The number of rotatable bonds is 7. The largest absolute Gasteiger partial charge is 0.497 e. The Bertz CT molecular complexity index is 957. The summed E-state index contributed by atoms with van der Waals surface area (Å²) in [6, 6.07) is 10.3. The fraction of sp³-hybridized carbons (Fsp3) is 0.235. The average Bonchev–Trinajstić information content (AvgIpc) is 2.60. The first-order valence-corrected chi connectivity index (χ1v) is 9.63. The Morgan fingerprint density at radius 1 is 1.22 bits per heavy atom. The molecule has 0 unspecified atom stereocenters. The van der Waals surface area contributed by atoms with Gasteiger partial charge in [-0.2, -0.15) is 0 Å². The number of ether oxygens (including phenoxy) is 1. The smallest absolute Gasteiger partial charge is 0.271 e. The van der Waals surface area contributed by atoms with Crippen molar-refractivity contribution in [1.82, 2.24) is 0 Å². The number of nitrogens with zero attached hydrogens (tertiary/aromatic N) is 2. The van der Waals surface area contributed by atoms with Crippen LogP contribution in [0.1, 0.15) is 5.56 Å². The molecule has 2 rings (SSSR count). The van der Waals surface area contributed by atoms with Gasteiger partial charge in [0.1, 0.15) is 12.3 Å². The van der Waals surface area contributed by atoms with Crippen molar-refractivity contribution in [2.45, 2.75) is 6.92 Å². The summed E-state index contributed by atoms with van der Waals surface area (Å²) in [7, 11) is -2.25. The van der Waals surface area contributed by atoms with Gasteiger partial charge in [-0.15, -0.1) is 0 Å². The van der Waals surface area contributed by atoms with E-state index in [1.807, 2.05) is 0 Å². The maximum absolute atomic E-state index is 12.4. The van der Waals surface area contributed by atoms with Crippen LogP contribution in [-0.2, 0) is 14.8 Å². The Hall–Kier alpha value is -3.14. The molecule has 0 radical (unpaired) electrons. The van der Waals surface area contributed by atoms with E-state index in [4.69, 9.17) is 4.74 Å². The van der Waals surface area contributed by atoms with Crippen LogP contribution in [-0.4, -0.2) is 39.2 Å². The molecule has 0 aliphatic carbocycles. The van der Waals surface area contributed by atoms with Crippen molar-refractivity contribution >= 4 is 33.0 Å². The van der Waals surface area contributed by atoms with Crippen molar-refractivity contribution in [1.29, 1.82) is 0 Å². The molecule has 0 heterocycles. The molecule has 0 atom stereocenters. The van der Waals surface area contributed by atoms with E-state index in [0.29, 0.717) is 17.0 Å². The van der Waals surface area contributed by atoms with E-state index in [9.17, 15) is 23.3 Å². The third-order valence-electron chi connectivity index (χ3n) is 3.75. The van der Waals surface area contributed by atoms with Crippen LogP contribution in [0.25, 0.3) is 0 Å². The van der Waals surface area contributed by atoms with Gasteiger partial charge in [-0.25, -0.2) is 8.42 Å². The van der Waals surface area contributed by atoms with Gasteiger partial charge in [0.25, 0.3) is 5.69 Å². The molecular formula is C17H19N3O6S. The molecule has 0 aliphatic heterocycles. The van der Waals surface area contributed by atoms with Crippen LogP contribution >= 0.6 is 0 Å². The van der Waals surface area contributed by atoms with Crippen molar-refractivity contribution in [3.63, 3.8) is 0 Å². The van der Waals surface area contributed by atoms with Crippen LogP contribution in [0.3, 0.4) is 0 Å². The first-order valence-electron chi connectivity index (χ1n) is 7.78. The van der Waals surface area contributed by atoms with Crippen LogP contribution in [0.2, 0.25) is 0 Å². The van der Waals surface area contributed by atoms with Crippen LogP contribution < -0.4 is 14.4 Å². The maximum Gasteiger partial charge on any atom is 0.271 e. The molecule has 0 fully saturated rings. The van der Waals surface area contributed by atoms with Gasteiger partial charge in [-0.05, 0) is 36.8 Å². The number of nitro groups is 1. The van der Waals surface area contributed by atoms with Gasteiger partial charge in [0.2, 0.25) is 15.9 Å². The SMILES string of the molecule is COc1ccc(N(CC(=O)Nc2cc([N+](=O)[O-])ccc2C)S(C)(=O)=O)cc1. The number of sulfonamides is 1. The van der Waals surface area contributed by atoms with E-state index < -0.39 is 27.4 Å². The van der Waals surface area contributed by atoms with Crippen molar-refractivity contribution in [2.75, 3.05) is 29.5 Å². The molecule has 0 bridgehead atoms. The monoisotopic (exact) mass is 393 g/mol. The van der Waals surface area contributed by atoms with Crippen molar-refractivity contribution in [3.8, 4) is 5.75 Å². The average molecular weight is 393 g/mol. The number of amides is 1. The summed E-state index contributed by atoms with van der Waals surface area (Å²) in [5.41, 5.74) is 0.983. The summed E-state index contributed by atoms with van der Waals surface area (Å²) in [4.78, 5) is 22.7. The summed E-state index contributed by atoms with van der Waals surface area (Å²) in [6.07, 6.45) is 0.989. The highest BCUT2D eigenvalue weighted by molar-refractivity contribution is 7.92. The van der Waals surface area contributed by atoms with Crippen molar-refractivity contribution in [3.05, 3.63) is 58.1 Å². The zero-order chi connectivity index (χ0) is 20.2. The number of aryl methyl sites for hydroxylation is 1. The molecule has 0 aliphatic rings. The Balaban J connectivity index is 2.24. The zero-order valence-electron chi connectivity index (χ0n) is 15.0. The molecule has 0 aromatic heterocycles. The lowest BCUT2D eigenvalue weighted by Crippen LogP contribution is -2.37. The molecule has 0 saturated heterocycles. The second kappa shape index (κ2) is 8.04. The fourth-order valence-corrected chi connectivity index (χ4v) is 3.18. The second-order valence-electron chi connectivity index (χ2n) is 5.77. The summed E-state index contributed by atoms with van der Waals surface area (Å²) in [5.74, 6) is -0.0799. The first-order chi connectivity index (χ1) is 12.6. The summed E-state index contributed by atoms with van der Waals surface area (Å²) < 4.78 is 30.2. The van der Waals surface area contributed by atoms with Crippen molar-refractivity contribution < 1.29 is 22.9 Å². The topological polar surface area (TPSA) is 119 Å². The Labute approximate surface area is 156 Å². The standard InChI is InChI=1S/C17H19N3O6S/c1-12-4-5-14(20(22)23)10-16(12)18-17(21)11-19(27(3,24)25)13-6-8-15(26-2)9-7-13/h4-10H,11H2,1-3H3,(H,18,21). The number of hydrogen-bond donors (Lipinski definition) is 1. The normalized spacial score (nSPS) is 10.9. The van der Waals surface area contributed by atoms with Gasteiger partial charge in [0, 0.05) is 12.1 Å². The Kier molecular flexibility index (Phi) is 6.01. The highest BCUT2D eigenvalue weighted by Gasteiger charge is 2.21. The molecular weight excluding hydrogens is 374 g/mol. The van der Waals surface area contributed by atoms with Gasteiger partial charge < -0.3 is 10.1 Å². The number of nitro benzene ring substituents is 1. The minimum atomic E-state index is -3.73. The molecule has 0 spiro atoms. The predicted octanol–water partition coefficient (Wildman–Crippen LogP) is 2.32. The van der Waals surface area contributed by atoms with Gasteiger partial charge in [-0.1, -0.05) is 6.07 Å². The second-order valence-corrected chi connectivity index (χ2v) is 7.68. The molecule has 0 saturated carbocycles. The summed E-state index contributed by atoms with van der Waals surface area (Å²) >= 11 is 0. The van der Waals surface area contributed by atoms with E-state index in [2.05, 4.69) is 5.32 Å². The van der Waals surface area contributed by atoms with Crippen LogP contribution in [0.4, 0.5) is 17.1 Å². The third-order valence-corrected chi connectivity index (χ3v) is 4.89. The first kappa shape index (κ1) is 20.2. The molecule has 1 amide bonds. The molecule has 2 aromatic carbocycles. The van der Waals surface area contributed by atoms with Gasteiger partial charge in [0.05, 0.1) is 29.7 Å². The van der Waals surface area contributed by atoms with Gasteiger partial charge in [0.15, 0.2) is 0 Å². The lowest BCUT2D eigenvalue weighted by molar-refractivity contribution is -0.384. The highest BCUT2D eigenvalue weighted by Crippen LogP contribution is 2.23. The van der Waals surface area contributed by atoms with E-state index in [1.54, 1.807) is 19.1 Å². The molecule has 2 aromatic rings. The number of methoxy groups -OCH3 is 1. The minimum absolute atomic E-state index is 0.175. The van der Waals surface area contributed by atoms with E-state index >= 15 is 0 Å². The number of carbonyl (C=O) groups excluding carboxylic acids is 1. The van der Waals surface area contributed by atoms with Crippen LogP contribution in [0, 0.1) is 17.0 Å². The number of carbonyl (C=O) groups is 1. The van der Waals surface area contributed by atoms with Gasteiger partial charge in [-0.3, -0.25) is 19.2 Å². The Morgan fingerprint density at radius 3 is 2.37 bits per heavy atom. The van der Waals surface area contributed by atoms with E-state index in [0.717, 1.165) is 10.6 Å².